The number of methoxy groups -OCH3 is 1. The van der Waals surface area contributed by atoms with Crippen LogP contribution in [0.15, 0.2) is 41.3 Å². The second kappa shape index (κ2) is 6.68. The van der Waals surface area contributed by atoms with Gasteiger partial charge in [0.2, 0.25) is 10.0 Å². The summed E-state index contributed by atoms with van der Waals surface area (Å²) in [6, 6.07) is 9.01. The molecule has 0 spiro atoms. The monoisotopic (exact) mass is 337 g/mol. The van der Waals surface area contributed by atoms with Gasteiger partial charge in [-0.25, -0.2) is 17.5 Å². The zero-order chi connectivity index (χ0) is 17.2. The molecule has 1 atom stereocenters. The molecule has 23 heavy (non-hydrogen) atoms. The normalized spacial score (nSPS) is 12.9. The van der Waals surface area contributed by atoms with Gasteiger partial charge < -0.3 is 4.74 Å². The average molecular weight is 337 g/mol. The predicted octanol–water partition coefficient (Wildman–Crippen LogP) is 3.49. The van der Waals surface area contributed by atoms with E-state index in [0.29, 0.717) is 0 Å². The van der Waals surface area contributed by atoms with Gasteiger partial charge in [-0.3, -0.25) is 0 Å². The van der Waals surface area contributed by atoms with Crippen molar-refractivity contribution < 1.29 is 17.5 Å². The van der Waals surface area contributed by atoms with Crippen molar-refractivity contribution in [3.05, 3.63) is 58.9 Å². The van der Waals surface area contributed by atoms with Gasteiger partial charge in [-0.15, -0.1) is 0 Å². The second-order valence-corrected chi connectivity index (χ2v) is 7.21. The molecular weight excluding hydrogens is 317 g/mol. The van der Waals surface area contributed by atoms with Crippen molar-refractivity contribution in [3.8, 4) is 5.75 Å². The molecule has 0 aromatic heterocycles. The number of nitrogens with one attached hydrogen (secondary N) is 1. The van der Waals surface area contributed by atoms with E-state index in [9.17, 15) is 12.8 Å². The van der Waals surface area contributed by atoms with Crippen molar-refractivity contribution in [1.29, 1.82) is 0 Å². The van der Waals surface area contributed by atoms with Gasteiger partial charge in [0.1, 0.15) is 0 Å². The maximum Gasteiger partial charge on any atom is 0.241 e. The fourth-order valence-electron chi connectivity index (χ4n) is 2.40. The number of halogens is 1. The molecular formula is C17H20FNO3S. The lowest BCUT2D eigenvalue weighted by Crippen LogP contribution is -2.27. The molecule has 0 aliphatic heterocycles. The summed E-state index contributed by atoms with van der Waals surface area (Å²) in [5.74, 6) is -0.707. The molecule has 0 saturated heterocycles. The molecule has 1 unspecified atom stereocenters. The molecule has 0 amide bonds. The standard InChI is InChI=1S/C17H20FNO3S/c1-11-5-6-12(2)15(9-11)13(3)19-23(20,21)14-7-8-17(22-4)16(18)10-14/h5-10,13,19H,1-4H3. The van der Waals surface area contributed by atoms with Crippen LogP contribution in [0.1, 0.15) is 29.7 Å². The molecule has 0 heterocycles. The highest BCUT2D eigenvalue weighted by atomic mass is 32.2. The molecule has 0 bridgehead atoms. The molecule has 4 nitrogen and oxygen atoms in total. The quantitative estimate of drug-likeness (QED) is 0.908. The summed E-state index contributed by atoms with van der Waals surface area (Å²) in [5, 5.41) is 0. The summed E-state index contributed by atoms with van der Waals surface area (Å²) < 4.78 is 46.0. The van der Waals surface area contributed by atoms with Crippen LogP contribution in [0.2, 0.25) is 0 Å². The maximum absolute atomic E-state index is 13.7. The highest BCUT2D eigenvalue weighted by Crippen LogP contribution is 2.24. The number of hydrogen-bond acceptors (Lipinski definition) is 3. The first-order chi connectivity index (χ1) is 10.7. The Bertz CT molecular complexity index is 819. The number of sulfonamides is 1. The number of ether oxygens (including phenoxy) is 1. The van der Waals surface area contributed by atoms with Crippen molar-refractivity contribution in [1.82, 2.24) is 4.72 Å². The summed E-state index contributed by atoms with van der Waals surface area (Å²) in [6.45, 7) is 5.63. The molecule has 6 heteroatoms. The number of aryl methyl sites for hydroxylation is 2. The minimum atomic E-state index is -3.83. The Kier molecular flexibility index (Phi) is 5.06. The van der Waals surface area contributed by atoms with Crippen LogP contribution in [-0.4, -0.2) is 15.5 Å². The zero-order valence-electron chi connectivity index (χ0n) is 13.6. The molecule has 1 N–H and O–H groups in total. The van der Waals surface area contributed by atoms with Crippen molar-refractivity contribution in [2.75, 3.05) is 7.11 Å². The summed E-state index contributed by atoms with van der Waals surface area (Å²) in [4.78, 5) is -0.132. The van der Waals surface area contributed by atoms with Crippen LogP contribution in [0.25, 0.3) is 0 Å². The van der Waals surface area contributed by atoms with Crippen LogP contribution in [0.3, 0.4) is 0 Å². The van der Waals surface area contributed by atoms with Crippen molar-refractivity contribution in [2.24, 2.45) is 0 Å². The topological polar surface area (TPSA) is 55.4 Å². The van der Waals surface area contributed by atoms with Crippen molar-refractivity contribution >= 4 is 10.0 Å². The zero-order valence-corrected chi connectivity index (χ0v) is 14.4. The lowest BCUT2D eigenvalue weighted by molar-refractivity contribution is 0.385. The highest BCUT2D eigenvalue weighted by Gasteiger charge is 2.21. The first kappa shape index (κ1) is 17.4. The summed E-state index contributed by atoms with van der Waals surface area (Å²) in [5.41, 5.74) is 2.93. The molecule has 0 aliphatic rings. The van der Waals surface area contributed by atoms with Gasteiger partial charge in [0.25, 0.3) is 0 Å². The van der Waals surface area contributed by atoms with E-state index in [1.807, 2.05) is 32.0 Å². The van der Waals surface area contributed by atoms with Crippen LogP contribution in [0, 0.1) is 19.7 Å². The van der Waals surface area contributed by atoms with Gasteiger partial charge >= 0.3 is 0 Å². The third-order valence-corrected chi connectivity index (χ3v) is 5.21. The SMILES string of the molecule is COc1ccc(S(=O)(=O)NC(C)c2cc(C)ccc2C)cc1F. The van der Waals surface area contributed by atoms with Crippen molar-refractivity contribution in [2.45, 2.75) is 31.7 Å². The number of hydrogen-bond donors (Lipinski definition) is 1. The van der Waals surface area contributed by atoms with Crippen LogP contribution in [0.5, 0.6) is 5.75 Å². The Morgan fingerprint density at radius 1 is 1.13 bits per heavy atom. The molecule has 2 rings (SSSR count). The number of benzene rings is 2. The van der Waals surface area contributed by atoms with Gasteiger partial charge in [-0.1, -0.05) is 23.8 Å². The van der Waals surface area contributed by atoms with E-state index in [4.69, 9.17) is 4.74 Å². The minimum Gasteiger partial charge on any atom is -0.494 e. The van der Waals surface area contributed by atoms with E-state index in [1.165, 1.54) is 19.2 Å². The fraction of sp³-hybridized carbons (Fsp3) is 0.294. The van der Waals surface area contributed by atoms with E-state index in [2.05, 4.69) is 4.72 Å². The summed E-state index contributed by atoms with van der Waals surface area (Å²) in [7, 11) is -2.50. The van der Waals surface area contributed by atoms with Crippen LogP contribution in [-0.2, 0) is 10.0 Å². The molecule has 0 fully saturated rings. The molecule has 0 saturated carbocycles. The Labute approximate surface area is 136 Å². The van der Waals surface area contributed by atoms with E-state index in [1.54, 1.807) is 6.92 Å². The van der Waals surface area contributed by atoms with E-state index in [-0.39, 0.29) is 10.6 Å². The first-order valence-electron chi connectivity index (χ1n) is 7.17. The van der Waals surface area contributed by atoms with E-state index >= 15 is 0 Å². The average Bonchev–Trinajstić information content (AvgIpc) is 2.49. The van der Waals surface area contributed by atoms with E-state index in [0.717, 1.165) is 22.8 Å². The van der Waals surface area contributed by atoms with Crippen LogP contribution < -0.4 is 9.46 Å². The van der Waals surface area contributed by atoms with Gasteiger partial charge in [0, 0.05) is 6.04 Å². The van der Waals surface area contributed by atoms with Crippen LogP contribution in [0.4, 0.5) is 4.39 Å². The summed E-state index contributed by atoms with van der Waals surface area (Å²) in [6.07, 6.45) is 0. The lowest BCUT2D eigenvalue weighted by atomic mass is 10.0. The van der Waals surface area contributed by atoms with Gasteiger partial charge in [0.05, 0.1) is 12.0 Å². The first-order valence-corrected chi connectivity index (χ1v) is 8.66. The minimum absolute atomic E-state index is 0.00604. The predicted molar refractivity (Wildman–Crippen MR) is 87.6 cm³/mol. The Morgan fingerprint density at radius 3 is 2.43 bits per heavy atom. The van der Waals surface area contributed by atoms with Crippen LogP contribution >= 0.6 is 0 Å². The molecule has 0 radical (unpaired) electrons. The fourth-order valence-corrected chi connectivity index (χ4v) is 3.64. The lowest BCUT2D eigenvalue weighted by Gasteiger charge is -2.17. The van der Waals surface area contributed by atoms with Gasteiger partial charge in [-0.2, -0.15) is 0 Å². The Morgan fingerprint density at radius 2 is 1.83 bits per heavy atom. The van der Waals surface area contributed by atoms with E-state index < -0.39 is 21.9 Å². The smallest absolute Gasteiger partial charge is 0.241 e. The molecule has 124 valence electrons. The third kappa shape index (κ3) is 3.89. The Balaban J connectivity index is 2.30. The summed E-state index contributed by atoms with van der Waals surface area (Å²) >= 11 is 0. The second-order valence-electron chi connectivity index (χ2n) is 5.50. The van der Waals surface area contributed by atoms with Gasteiger partial charge in [-0.05, 0) is 50.1 Å². The van der Waals surface area contributed by atoms with Gasteiger partial charge in [0.15, 0.2) is 11.6 Å². The van der Waals surface area contributed by atoms with Crippen molar-refractivity contribution in [3.63, 3.8) is 0 Å². The molecule has 2 aromatic carbocycles. The third-order valence-electron chi connectivity index (χ3n) is 3.67. The molecule has 0 aliphatic carbocycles. The number of rotatable bonds is 5. The molecule has 2 aromatic rings. The maximum atomic E-state index is 13.7. The highest BCUT2D eigenvalue weighted by molar-refractivity contribution is 7.89. The Hall–Kier alpha value is -1.92. The largest absolute Gasteiger partial charge is 0.494 e.